The normalized spacial score (nSPS) is 11.3. The third-order valence-corrected chi connectivity index (χ3v) is 4.48. The van der Waals surface area contributed by atoms with Gasteiger partial charge in [-0.2, -0.15) is 0 Å². The fraction of sp³-hybridized carbons (Fsp3) is 0. The van der Waals surface area contributed by atoms with Gasteiger partial charge in [0.2, 0.25) is 5.95 Å². The van der Waals surface area contributed by atoms with Crippen molar-refractivity contribution in [2.45, 2.75) is 0 Å². The van der Waals surface area contributed by atoms with Gasteiger partial charge in [0.1, 0.15) is 17.7 Å². The van der Waals surface area contributed by atoms with Gasteiger partial charge in [0, 0.05) is 17.1 Å². The minimum Gasteiger partial charge on any atom is -0.369 e. The van der Waals surface area contributed by atoms with E-state index in [-0.39, 0.29) is 5.95 Å². The Morgan fingerprint density at radius 3 is 2.67 bits per heavy atom. The van der Waals surface area contributed by atoms with Crippen LogP contribution in [0.2, 0.25) is 0 Å². The van der Waals surface area contributed by atoms with Gasteiger partial charge in [0.05, 0.1) is 11.3 Å². The Kier molecular flexibility index (Phi) is 3.33. The van der Waals surface area contributed by atoms with Crippen LogP contribution in [-0.2, 0) is 0 Å². The summed E-state index contributed by atoms with van der Waals surface area (Å²) < 4.78 is 16.3. The maximum atomic E-state index is 14.7. The number of hydrogen-bond donors (Lipinski definition) is 1. The summed E-state index contributed by atoms with van der Waals surface area (Å²) in [5.41, 5.74) is 9.71. The van der Waals surface area contributed by atoms with Gasteiger partial charge in [-0.3, -0.25) is 9.38 Å². The topological polar surface area (TPSA) is 82.0 Å². The zero-order valence-electron chi connectivity index (χ0n) is 14.0. The third kappa shape index (κ3) is 2.40. The van der Waals surface area contributed by atoms with E-state index in [2.05, 4.69) is 20.2 Å². The second kappa shape index (κ2) is 5.84. The second-order valence-electron chi connectivity index (χ2n) is 6.12. The van der Waals surface area contributed by atoms with E-state index in [1.54, 1.807) is 16.7 Å². The quantitative estimate of drug-likeness (QED) is 0.521. The van der Waals surface area contributed by atoms with Crippen LogP contribution in [0.1, 0.15) is 0 Å². The molecule has 0 fully saturated rings. The lowest BCUT2D eigenvalue weighted by atomic mass is 9.98. The molecule has 0 aliphatic heterocycles. The lowest BCUT2D eigenvalue weighted by Crippen LogP contribution is -2.04. The van der Waals surface area contributed by atoms with Gasteiger partial charge in [0.15, 0.2) is 5.65 Å². The van der Waals surface area contributed by atoms with E-state index in [0.29, 0.717) is 33.4 Å². The average Bonchev–Trinajstić information content (AvgIpc) is 3.19. The van der Waals surface area contributed by atoms with Crippen molar-refractivity contribution in [3.63, 3.8) is 0 Å². The largest absolute Gasteiger partial charge is 0.369 e. The third-order valence-electron chi connectivity index (χ3n) is 4.48. The summed E-state index contributed by atoms with van der Waals surface area (Å²) in [4.78, 5) is 8.67. The molecule has 0 bridgehead atoms. The monoisotopic (exact) mass is 356 g/mol. The first-order chi connectivity index (χ1) is 13.2. The van der Waals surface area contributed by atoms with Gasteiger partial charge in [-0.15, -0.1) is 10.2 Å². The Labute approximate surface area is 153 Å². The number of pyridine rings is 1. The van der Waals surface area contributed by atoms with Gasteiger partial charge in [-0.25, -0.2) is 9.37 Å². The summed E-state index contributed by atoms with van der Waals surface area (Å²) in [6, 6.07) is 16.5. The van der Waals surface area contributed by atoms with Crippen molar-refractivity contribution in [2.75, 3.05) is 5.73 Å². The van der Waals surface area contributed by atoms with Gasteiger partial charge in [-0.1, -0.05) is 36.4 Å². The van der Waals surface area contributed by atoms with Crippen molar-refractivity contribution in [3.05, 3.63) is 72.9 Å². The Balaban J connectivity index is 1.90. The molecule has 0 saturated carbocycles. The van der Waals surface area contributed by atoms with Gasteiger partial charge >= 0.3 is 0 Å². The smallest absolute Gasteiger partial charge is 0.207 e. The molecule has 0 saturated heterocycles. The van der Waals surface area contributed by atoms with E-state index >= 15 is 0 Å². The zero-order chi connectivity index (χ0) is 18.4. The van der Waals surface area contributed by atoms with Crippen molar-refractivity contribution < 1.29 is 4.39 Å². The van der Waals surface area contributed by atoms with Crippen molar-refractivity contribution in [1.82, 2.24) is 24.6 Å². The number of rotatable bonds is 2. The number of halogens is 1. The highest BCUT2D eigenvalue weighted by Gasteiger charge is 2.19. The van der Waals surface area contributed by atoms with E-state index in [1.807, 2.05) is 42.5 Å². The maximum Gasteiger partial charge on any atom is 0.207 e. The van der Waals surface area contributed by atoms with Crippen molar-refractivity contribution in [3.8, 4) is 22.4 Å². The van der Waals surface area contributed by atoms with Crippen LogP contribution in [0.3, 0.4) is 0 Å². The highest BCUT2D eigenvalue weighted by molar-refractivity contribution is 5.94. The number of anilines is 1. The molecule has 130 valence electrons. The molecule has 0 amide bonds. The van der Waals surface area contributed by atoms with E-state index in [0.717, 1.165) is 5.56 Å². The average molecular weight is 356 g/mol. The first kappa shape index (κ1) is 15.4. The highest BCUT2D eigenvalue weighted by Crippen LogP contribution is 2.36. The second-order valence-corrected chi connectivity index (χ2v) is 6.12. The molecule has 5 rings (SSSR count). The molecule has 3 heterocycles. The van der Waals surface area contributed by atoms with Crippen molar-refractivity contribution in [1.29, 1.82) is 0 Å². The summed E-state index contributed by atoms with van der Waals surface area (Å²) in [7, 11) is 0. The summed E-state index contributed by atoms with van der Waals surface area (Å²) in [6.07, 6.45) is 3.07. The maximum absolute atomic E-state index is 14.7. The van der Waals surface area contributed by atoms with Gasteiger partial charge in [0.25, 0.3) is 0 Å². The summed E-state index contributed by atoms with van der Waals surface area (Å²) in [5, 5.41) is 8.86. The minimum absolute atomic E-state index is 0.264. The van der Waals surface area contributed by atoms with Gasteiger partial charge in [-0.05, 0) is 23.8 Å². The number of fused-ring (bicyclic) bond motifs is 2. The molecule has 0 atom stereocenters. The number of benzene rings is 2. The van der Waals surface area contributed by atoms with E-state index < -0.39 is 5.82 Å². The first-order valence-electron chi connectivity index (χ1n) is 8.31. The van der Waals surface area contributed by atoms with Crippen LogP contribution in [0.4, 0.5) is 10.3 Å². The van der Waals surface area contributed by atoms with Crippen LogP contribution in [-0.4, -0.2) is 24.6 Å². The number of nitrogens with zero attached hydrogens (tertiary/aromatic N) is 5. The molecular weight excluding hydrogens is 343 g/mol. The van der Waals surface area contributed by atoms with E-state index in [4.69, 9.17) is 5.73 Å². The van der Waals surface area contributed by atoms with Crippen LogP contribution >= 0.6 is 0 Å². The molecule has 0 radical (unpaired) electrons. The Morgan fingerprint density at radius 2 is 1.81 bits per heavy atom. The lowest BCUT2D eigenvalue weighted by molar-refractivity contribution is 0.637. The molecule has 0 aliphatic rings. The molecule has 0 aliphatic carbocycles. The number of hydrogen-bond acceptors (Lipinski definition) is 5. The zero-order valence-corrected chi connectivity index (χ0v) is 14.0. The molecule has 0 spiro atoms. The predicted octanol–water partition coefficient (Wildman–Crippen LogP) is 3.73. The fourth-order valence-corrected chi connectivity index (χ4v) is 3.27. The number of nitrogen functional groups attached to an aromatic ring is 1. The highest BCUT2D eigenvalue weighted by atomic mass is 19.1. The van der Waals surface area contributed by atoms with Crippen LogP contribution in [0.15, 0.2) is 67.1 Å². The molecular formula is C20H13FN6. The molecule has 6 nitrogen and oxygen atoms in total. The number of aromatic nitrogens is 5. The molecule has 7 heteroatoms. The Bertz CT molecular complexity index is 1300. The summed E-state index contributed by atoms with van der Waals surface area (Å²) >= 11 is 0. The van der Waals surface area contributed by atoms with E-state index in [9.17, 15) is 4.39 Å². The minimum atomic E-state index is -0.406. The molecule has 27 heavy (non-hydrogen) atoms. The Morgan fingerprint density at radius 1 is 0.963 bits per heavy atom. The van der Waals surface area contributed by atoms with Crippen molar-refractivity contribution >= 4 is 22.5 Å². The molecule has 2 N–H and O–H groups in total. The Hall–Kier alpha value is -3.87. The molecule has 5 aromatic rings. The fourth-order valence-electron chi connectivity index (χ4n) is 3.27. The van der Waals surface area contributed by atoms with E-state index in [1.165, 1.54) is 12.4 Å². The predicted molar refractivity (Wildman–Crippen MR) is 101 cm³/mol. The lowest BCUT2D eigenvalue weighted by Gasteiger charge is -2.13. The molecule has 2 aromatic carbocycles. The summed E-state index contributed by atoms with van der Waals surface area (Å²) in [6.45, 7) is 0. The summed E-state index contributed by atoms with van der Waals surface area (Å²) in [5.74, 6) is -0.142. The molecule has 0 unspecified atom stereocenters. The number of nitrogens with two attached hydrogens (primary N) is 1. The molecule has 3 aromatic heterocycles. The van der Waals surface area contributed by atoms with Crippen LogP contribution in [0, 0.1) is 5.82 Å². The van der Waals surface area contributed by atoms with Crippen molar-refractivity contribution in [2.24, 2.45) is 0 Å². The van der Waals surface area contributed by atoms with Crippen LogP contribution in [0.5, 0.6) is 0 Å². The first-order valence-corrected chi connectivity index (χ1v) is 8.31. The SMILES string of the molecule is Nc1nc(-c2ccccc2)c(-c2cc(F)c3ncccc3c2)c2nncn12. The van der Waals surface area contributed by atoms with Crippen LogP contribution in [0.25, 0.3) is 38.9 Å². The van der Waals surface area contributed by atoms with Crippen LogP contribution < -0.4 is 5.73 Å². The van der Waals surface area contributed by atoms with Gasteiger partial charge < -0.3 is 5.73 Å². The standard InChI is InChI=1S/C20H13FN6/c21-15-10-14(9-13-7-4-8-23-17(13)15)16-18(12-5-2-1-3-6-12)25-20(22)27-11-24-26-19(16)27/h1-11H,(H2,22,25).